The van der Waals surface area contributed by atoms with Crippen LogP contribution >= 0.6 is 0 Å². The summed E-state index contributed by atoms with van der Waals surface area (Å²) in [6.45, 7) is 10.0. The third kappa shape index (κ3) is 4.83. The average molecular weight is 309 g/mol. The SMILES string of the molecule is COc1cc(OCC(=O)NC(C)C)cc(OC)c1C(C)(C)C. The molecule has 0 spiro atoms. The molecule has 0 saturated carbocycles. The average Bonchev–Trinajstić information content (AvgIpc) is 2.42. The Balaban J connectivity index is 3.02. The fraction of sp³-hybridized carbons (Fsp3) is 0.588. The Labute approximate surface area is 132 Å². The smallest absolute Gasteiger partial charge is 0.258 e. The Hall–Kier alpha value is -1.91. The van der Waals surface area contributed by atoms with Gasteiger partial charge in [-0.2, -0.15) is 0 Å². The van der Waals surface area contributed by atoms with E-state index in [2.05, 4.69) is 26.1 Å². The summed E-state index contributed by atoms with van der Waals surface area (Å²) in [5.74, 6) is 1.76. The van der Waals surface area contributed by atoms with Gasteiger partial charge in [0.2, 0.25) is 0 Å². The van der Waals surface area contributed by atoms with E-state index in [0.29, 0.717) is 17.2 Å². The van der Waals surface area contributed by atoms with Gasteiger partial charge in [0.1, 0.15) is 17.2 Å². The van der Waals surface area contributed by atoms with Crippen LogP contribution in [-0.4, -0.2) is 32.8 Å². The minimum absolute atomic E-state index is 0.0423. The van der Waals surface area contributed by atoms with Crippen molar-refractivity contribution < 1.29 is 19.0 Å². The number of ether oxygens (including phenoxy) is 3. The van der Waals surface area contributed by atoms with Gasteiger partial charge in [0.05, 0.1) is 14.2 Å². The summed E-state index contributed by atoms with van der Waals surface area (Å²) in [6.07, 6.45) is 0. The molecule has 22 heavy (non-hydrogen) atoms. The summed E-state index contributed by atoms with van der Waals surface area (Å²) in [4.78, 5) is 11.7. The van der Waals surface area contributed by atoms with E-state index in [0.717, 1.165) is 5.56 Å². The predicted molar refractivity (Wildman–Crippen MR) is 87.0 cm³/mol. The standard InChI is InChI=1S/C17H27NO4/c1-11(2)18-15(19)10-22-12-8-13(20-6)16(17(3,4)5)14(9-12)21-7/h8-9,11H,10H2,1-7H3,(H,18,19). The quantitative estimate of drug-likeness (QED) is 0.878. The maximum Gasteiger partial charge on any atom is 0.258 e. The third-order valence-corrected chi connectivity index (χ3v) is 3.05. The molecule has 0 bridgehead atoms. The van der Waals surface area contributed by atoms with Crippen LogP contribution < -0.4 is 19.5 Å². The lowest BCUT2D eigenvalue weighted by atomic mass is 9.85. The zero-order chi connectivity index (χ0) is 16.9. The summed E-state index contributed by atoms with van der Waals surface area (Å²) in [7, 11) is 3.22. The number of hydrogen-bond donors (Lipinski definition) is 1. The number of carbonyl (C=O) groups excluding carboxylic acids is 1. The van der Waals surface area contributed by atoms with Crippen molar-refractivity contribution >= 4 is 5.91 Å². The zero-order valence-corrected chi connectivity index (χ0v) is 14.6. The highest BCUT2D eigenvalue weighted by Gasteiger charge is 2.25. The molecule has 0 aliphatic heterocycles. The van der Waals surface area contributed by atoms with Gasteiger partial charge in [0.25, 0.3) is 5.91 Å². The van der Waals surface area contributed by atoms with Crippen LogP contribution in [-0.2, 0) is 10.2 Å². The normalized spacial score (nSPS) is 11.3. The highest BCUT2D eigenvalue weighted by Crippen LogP contribution is 2.41. The molecule has 1 N–H and O–H groups in total. The van der Waals surface area contributed by atoms with E-state index in [1.165, 1.54) is 0 Å². The molecule has 0 heterocycles. The first-order valence-corrected chi connectivity index (χ1v) is 7.37. The lowest BCUT2D eigenvalue weighted by Crippen LogP contribution is -2.34. The highest BCUT2D eigenvalue weighted by molar-refractivity contribution is 5.77. The second-order valence-corrected chi connectivity index (χ2v) is 6.46. The van der Waals surface area contributed by atoms with Gasteiger partial charge in [-0.3, -0.25) is 4.79 Å². The van der Waals surface area contributed by atoms with E-state index >= 15 is 0 Å². The summed E-state index contributed by atoms with van der Waals surface area (Å²) in [5.41, 5.74) is 0.834. The Bertz CT molecular complexity index is 493. The number of methoxy groups -OCH3 is 2. The molecule has 5 nitrogen and oxygen atoms in total. The van der Waals surface area contributed by atoms with Crippen molar-refractivity contribution in [1.29, 1.82) is 0 Å². The molecule has 124 valence electrons. The zero-order valence-electron chi connectivity index (χ0n) is 14.6. The van der Waals surface area contributed by atoms with Crippen LogP contribution in [0.3, 0.4) is 0 Å². The lowest BCUT2D eigenvalue weighted by Gasteiger charge is -2.25. The molecule has 1 rings (SSSR count). The van der Waals surface area contributed by atoms with Gasteiger partial charge in [0, 0.05) is 23.7 Å². The van der Waals surface area contributed by atoms with Crippen molar-refractivity contribution in [3.63, 3.8) is 0 Å². The molecular formula is C17H27NO4. The number of carbonyl (C=O) groups is 1. The van der Waals surface area contributed by atoms with E-state index in [9.17, 15) is 4.79 Å². The molecule has 0 aliphatic rings. The van der Waals surface area contributed by atoms with Gasteiger partial charge in [-0.05, 0) is 19.3 Å². The second kappa shape index (κ2) is 7.38. The van der Waals surface area contributed by atoms with Crippen LogP contribution in [0.5, 0.6) is 17.2 Å². The van der Waals surface area contributed by atoms with Gasteiger partial charge in [0.15, 0.2) is 6.61 Å². The van der Waals surface area contributed by atoms with Crippen molar-refractivity contribution in [3.05, 3.63) is 17.7 Å². The van der Waals surface area contributed by atoms with E-state index in [-0.39, 0.29) is 24.0 Å². The monoisotopic (exact) mass is 309 g/mol. The molecule has 0 aromatic heterocycles. The molecule has 0 fully saturated rings. The van der Waals surface area contributed by atoms with E-state index in [1.807, 2.05) is 13.8 Å². The summed E-state index contributed by atoms with van der Waals surface area (Å²) < 4.78 is 16.5. The molecule has 1 aromatic carbocycles. The number of rotatable bonds is 6. The first kappa shape index (κ1) is 18.1. The van der Waals surface area contributed by atoms with E-state index in [1.54, 1.807) is 26.4 Å². The van der Waals surface area contributed by atoms with Gasteiger partial charge in [-0.1, -0.05) is 20.8 Å². The molecule has 5 heteroatoms. The largest absolute Gasteiger partial charge is 0.496 e. The van der Waals surface area contributed by atoms with Gasteiger partial charge in [-0.15, -0.1) is 0 Å². The van der Waals surface area contributed by atoms with Crippen molar-refractivity contribution in [1.82, 2.24) is 5.32 Å². The van der Waals surface area contributed by atoms with Crippen LogP contribution in [0.1, 0.15) is 40.2 Å². The fourth-order valence-corrected chi connectivity index (χ4v) is 2.22. The maximum absolute atomic E-state index is 11.7. The van der Waals surface area contributed by atoms with Crippen molar-refractivity contribution in [3.8, 4) is 17.2 Å². The lowest BCUT2D eigenvalue weighted by molar-refractivity contribution is -0.123. The Morgan fingerprint density at radius 1 is 1.14 bits per heavy atom. The van der Waals surface area contributed by atoms with Crippen LogP contribution in [0.4, 0.5) is 0 Å². The molecule has 1 aromatic rings. The topological polar surface area (TPSA) is 56.8 Å². The highest BCUT2D eigenvalue weighted by atomic mass is 16.5. The Morgan fingerprint density at radius 2 is 1.64 bits per heavy atom. The molecular weight excluding hydrogens is 282 g/mol. The number of amides is 1. The van der Waals surface area contributed by atoms with Crippen LogP contribution in [0.2, 0.25) is 0 Å². The fourth-order valence-electron chi connectivity index (χ4n) is 2.22. The molecule has 0 saturated heterocycles. The van der Waals surface area contributed by atoms with E-state index in [4.69, 9.17) is 14.2 Å². The molecule has 1 amide bonds. The summed E-state index contributed by atoms with van der Waals surface area (Å²) in [5, 5.41) is 2.78. The molecule has 0 radical (unpaired) electrons. The third-order valence-electron chi connectivity index (χ3n) is 3.05. The summed E-state index contributed by atoms with van der Waals surface area (Å²) >= 11 is 0. The van der Waals surface area contributed by atoms with Crippen molar-refractivity contribution in [2.24, 2.45) is 0 Å². The van der Waals surface area contributed by atoms with Crippen LogP contribution in [0, 0.1) is 0 Å². The van der Waals surface area contributed by atoms with E-state index < -0.39 is 0 Å². The predicted octanol–water partition coefficient (Wildman–Crippen LogP) is 2.90. The molecule has 0 aliphatic carbocycles. The number of benzene rings is 1. The van der Waals surface area contributed by atoms with Crippen molar-refractivity contribution in [2.45, 2.75) is 46.1 Å². The van der Waals surface area contributed by atoms with Crippen molar-refractivity contribution in [2.75, 3.05) is 20.8 Å². The van der Waals surface area contributed by atoms with Gasteiger partial charge >= 0.3 is 0 Å². The van der Waals surface area contributed by atoms with Gasteiger partial charge < -0.3 is 19.5 Å². The molecule has 0 unspecified atom stereocenters. The van der Waals surface area contributed by atoms with Crippen LogP contribution in [0.25, 0.3) is 0 Å². The molecule has 0 atom stereocenters. The number of hydrogen-bond acceptors (Lipinski definition) is 4. The minimum Gasteiger partial charge on any atom is -0.496 e. The maximum atomic E-state index is 11.7. The van der Waals surface area contributed by atoms with Crippen LogP contribution in [0.15, 0.2) is 12.1 Å². The van der Waals surface area contributed by atoms with Gasteiger partial charge in [-0.25, -0.2) is 0 Å². The Morgan fingerprint density at radius 3 is 2.00 bits per heavy atom. The number of nitrogens with one attached hydrogen (secondary N) is 1. The second-order valence-electron chi connectivity index (χ2n) is 6.46. The minimum atomic E-state index is -0.159. The first-order chi connectivity index (χ1) is 10.2. The first-order valence-electron chi connectivity index (χ1n) is 7.37. The Kier molecular flexibility index (Phi) is 6.09. The summed E-state index contributed by atoms with van der Waals surface area (Å²) in [6, 6.07) is 3.65.